The van der Waals surface area contributed by atoms with Crippen LogP contribution in [0.5, 0.6) is 0 Å². The summed E-state index contributed by atoms with van der Waals surface area (Å²) in [6.45, 7) is 10.3. The lowest BCUT2D eigenvalue weighted by Crippen LogP contribution is -2.36. The van der Waals surface area contributed by atoms with Crippen molar-refractivity contribution in [1.29, 1.82) is 0 Å². The minimum absolute atomic E-state index is 0. The minimum atomic E-state index is -4.45. The van der Waals surface area contributed by atoms with Crippen molar-refractivity contribution in [3.05, 3.63) is 83.2 Å². The Kier molecular flexibility index (Phi) is 8.44. The summed E-state index contributed by atoms with van der Waals surface area (Å²) in [7, 11) is 0. The first kappa shape index (κ1) is 28.7. The smallest absolute Gasteiger partial charge is 0.325 e. The van der Waals surface area contributed by atoms with Crippen molar-refractivity contribution in [3.63, 3.8) is 0 Å². The molecule has 0 aliphatic carbocycles. The lowest BCUT2D eigenvalue weighted by molar-refractivity contribution is -0.137. The molecule has 2 N–H and O–H groups in total. The van der Waals surface area contributed by atoms with E-state index in [1.807, 2.05) is 62.0 Å². The average Bonchev–Trinajstić information content (AvgIpc) is 3.46. The summed E-state index contributed by atoms with van der Waals surface area (Å²) < 4.78 is 42.1. The van der Waals surface area contributed by atoms with Gasteiger partial charge in [0.1, 0.15) is 0 Å². The molecular formula is C28H34ClF3N4O. The molecule has 0 saturated carbocycles. The molecule has 0 spiro atoms. The van der Waals surface area contributed by atoms with Crippen LogP contribution in [0.15, 0.2) is 60.8 Å². The zero-order chi connectivity index (χ0) is 26.3. The Labute approximate surface area is 222 Å². The van der Waals surface area contributed by atoms with Gasteiger partial charge in [-0.1, -0.05) is 38.1 Å². The quantitative estimate of drug-likeness (QED) is 0.369. The fourth-order valence-electron chi connectivity index (χ4n) is 4.59. The monoisotopic (exact) mass is 534 g/mol. The molecule has 200 valence electrons. The lowest BCUT2D eigenvalue weighted by Gasteiger charge is -2.21. The van der Waals surface area contributed by atoms with Crippen LogP contribution in [-0.4, -0.2) is 21.7 Å². The highest BCUT2D eigenvalue weighted by Gasteiger charge is 2.41. The van der Waals surface area contributed by atoms with Crippen molar-refractivity contribution in [2.24, 2.45) is 0 Å². The Hall–Kier alpha value is -2.84. The van der Waals surface area contributed by atoms with Gasteiger partial charge in [-0.15, -0.1) is 12.4 Å². The Bertz CT molecular complexity index is 1220. The van der Waals surface area contributed by atoms with Gasteiger partial charge in [-0.3, -0.25) is 14.8 Å². The van der Waals surface area contributed by atoms with Crippen LogP contribution in [0.3, 0.4) is 0 Å². The summed E-state index contributed by atoms with van der Waals surface area (Å²) in [5, 5.41) is 11.0. The van der Waals surface area contributed by atoms with Crippen molar-refractivity contribution in [2.75, 3.05) is 5.32 Å². The number of nitrogens with zero attached hydrogens (tertiary/aromatic N) is 2. The molecule has 5 nitrogen and oxygen atoms in total. The highest BCUT2D eigenvalue weighted by molar-refractivity contribution is 5.95. The van der Waals surface area contributed by atoms with E-state index in [1.165, 1.54) is 11.6 Å². The standard InChI is InChI=1S/C28H33F3N4O.ClH/c1-17(2)18-9-11-21(12-10-18)32-26(36)24-16-22(23-13-14-35(34-23)27(3,4)5)25(33-24)19-7-6-8-20(15-19)28(29,30)31;/h6-15,17,22,24-25,33H,16H2,1-5H3,(H,32,36);1H/t22?,24-,25-;/m0./s1. The van der Waals surface area contributed by atoms with Crippen LogP contribution in [0, 0.1) is 0 Å². The van der Waals surface area contributed by atoms with Crippen LogP contribution in [0.1, 0.15) is 81.3 Å². The molecule has 1 amide bonds. The number of hydrogen-bond donors (Lipinski definition) is 2. The van der Waals surface area contributed by atoms with Gasteiger partial charge in [0.05, 0.1) is 22.8 Å². The molecule has 2 heterocycles. The number of anilines is 1. The van der Waals surface area contributed by atoms with Gasteiger partial charge < -0.3 is 5.32 Å². The predicted molar refractivity (Wildman–Crippen MR) is 142 cm³/mol. The van der Waals surface area contributed by atoms with Gasteiger partial charge in [-0.2, -0.15) is 18.3 Å². The summed E-state index contributed by atoms with van der Waals surface area (Å²) in [4.78, 5) is 13.2. The number of rotatable bonds is 5. The van der Waals surface area contributed by atoms with E-state index in [2.05, 4.69) is 24.5 Å². The van der Waals surface area contributed by atoms with Gasteiger partial charge in [-0.05, 0) is 74.6 Å². The molecular weight excluding hydrogens is 501 g/mol. The number of hydrogen-bond acceptors (Lipinski definition) is 3. The predicted octanol–water partition coefficient (Wildman–Crippen LogP) is 7.03. The molecule has 1 aromatic heterocycles. The van der Waals surface area contributed by atoms with E-state index < -0.39 is 23.8 Å². The van der Waals surface area contributed by atoms with E-state index in [4.69, 9.17) is 5.10 Å². The molecule has 1 unspecified atom stereocenters. The number of alkyl halides is 3. The van der Waals surface area contributed by atoms with E-state index in [1.54, 1.807) is 6.07 Å². The largest absolute Gasteiger partial charge is 0.416 e. The molecule has 2 aromatic carbocycles. The Morgan fingerprint density at radius 3 is 2.32 bits per heavy atom. The van der Waals surface area contributed by atoms with Gasteiger partial charge in [0, 0.05) is 23.8 Å². The van der Waals surface area contributed by atoms with Crippen molar-refractivity contribution in [2.45, 2.75) is 76.7 Å². The molecule has 37 heavy (non-hydrogen) atoms. The third-order valence-electron chi connectivity index (χ3n) is 6.68. The first-order valence-electron chi connectivity index (χ1n) is 12.2. The van der Waals surface area contributed by atoms with Crippen molar-refractivity contribution >= 4 is 24.0 Å². The maximum absolute atomic E-state index is 13.4. The van der Waals surface area contributed by atoms with E-state index in [-0.39, 0.29) is 29.8 Å². The highest BCUT2D eigenvalue weighted by Crippen LogP contribution is 2.41. The summed E-state index contributed by atoms with van der Waals surface area (Å²) in [5.41, 5.74) is 2.13. The maximum Gasteiger partial charge on any atom is 0.416 e. The molecule has 0 radical (unpaired) electrons. The molecule has 9 heteroatoms. The summed E-state index contributed by atoms with van der Waals surface area (Å²) in [5.74, 6) is -0.105. The lowest BCUT2D eigenvalue weighted by atomic mass is 9.90. The summed E-state index contributed by atoms with van der Waals surface area (Å²) >= 11 is 0. The second-order valence-corrected chi connectivity index (χ2v) is 10.8. The van der Waals surface area contributed by atoms with Crippen LogP contribution in [-0.2, 0) is 16.5 Å². The van der Waals surface area contributed by atoms with Crippen molar-refractivity contribution < 1.29 is 18.0 Å². The number of amides is 1. The molecule has 3 aromatic rings. The number of carbonyl (C=O) groups excluding carboxylic acids is 1. The Morgan fingerprint density at radius 2 is 1.76 bits per heavy atom. The molecule has 1 aliphatic heterocycles. The second kappa shape index (κ2) is 10.9. The van der Waals surface area contributed by atoms with Gasteiger partial charge >= 0.3 is 6.18 Å². The highest BCUT2D eigenvalue weighted by atomic mass is 35.5. The fraction of sp³-hybridized carbons (Fsp3) is 0.429. The van der Waals surface area contributed by atoms with Gasteiger partial charge in [0.2, 0.25) is 5.91 Å². The molecule has 0 bridgehead atoms. The zero-order valence-electron chi connectivity index (χ0n) is 21.6. The zero-order valence-corrected chi connectivity index (χ0v) is 22.5. The first-order valence-corrected chi connectivity index (χ1v) is 12.2. The molecule has 4 rings (SSSR count). The fourth-order valence-corrected chi connectivity index (χ4v) is 4.59. The van der Waals surface area contributed by atoms with Crippen LogP contribution in [0.4, 0.5) is 18.9 Å². The van der Waals surface area contributed by atoms with Gasteiger partial charge in [0.25, 0.3) is 0 Å². The molecule has 3 atom stereocenters. The normalized spacial score (nSPS) is 20.1. The van der Waals surface area contributed by atoms with Gasteiger partial charge in [0.15, 0.2) is 0 Å². The Morgan fingerprint density at radius 1 is 1.08 bits per heavy atom. The van der Waals surface area contributed by atoms with E-state index in [0.717, 1.165) is 17.8 Å². The third kappa shape index (κ3) is 6.54. The SMILES string of the molecule is CC(C)c1ccc(NC(=O)[C@@H]2CC(c3ccn(C(C)(C)C)n3)[C@H](c3cccc(C(F)(F)F)c3)N2)cc1.Cl. The van der Waals surface area contributed by atoms with Crippen LogP contribution >= 0.6 is 12.4 Å². The summed E-state index contributed by atoms with van der Waals surface area (Å²) in [6, 6.07) is 13.8. The van der Waals surface area contributed by atoms with E-state index in [9.17, 15) is 18.0 Å². The van der Waals surface area contributed by atoms with Crippen LogP contribution in [0.2, 0.25) is 0 Å². The number of nitrogens with one attached hydrogen (secondary N) is 2. The average molecular weight is 535 g/mol. The molecule has 1 aliphatic rings. The van der Waals surface area contributed by atoms with Crippen LogP contribution < -0.4 is 10.6 Å². The van der Waals surface area contributed by atoms with E-state index in [0.29, 0.717) is 23.6 Å². The Balaban J connectivity index is 0.00000380. The number of aromatic nitrogens is 2. The van der Waals surface area contributed by atoms with E-state index >= 15 is 0 Å². The first-order chi connectivity index (χ1) is 16.8. The molecule has 1 saturated heterocycles. The third-order valence-corrected chi connectivity index (χ3v) is 6.68. The number of carbonyl (C=O) groups is 1. The maximum atomic E-state index is 13.4. The van der Waals surface area contributed by atoms with Crippen molar-refractivity contribution in [3.8, 4) is 0 Å². The van der Waals surface area contributed by atoms with Crippen LogP contribution in [0.25, 0.3) is 0 Å². The number of benzene rings is 2. The second-order valence-electron chi connectivity index (χ2n) is 10.8. The summed E-state index contributed by atoms with van der Waals surface area (Å²) in [6.07, 6.45) is -2.16. The minimum Gasteiger partial charge on any atom is -0.325 e. The van der Waals surface area contributed by atoms with Gasteiger partial charge in [-0.25, -0.2) is 0 Å². The molecule has 1 fully saturated rings. The van der Waals surface area contributed by atoms with Crippen molar-refractivity contribution in [1.82, 2.24) is 15.1 Å². The number of halogens is 4. The topological polar surface area (TPSA) is 59.0 Å².